The molecule has 0 aliphatic carbocycles. The summed E-state index contributed by atoms with van der Waals surface area (Å²) in [7, 11) is 2.08. The topological polar surface area (TPSA) is 87.2 Å². The summed E-state index contributed by atoms with van der Waals surface area (Å²) < 4.78 is 4.76. The molecule has 114 valence electrons. The fourth-order valence-electron chi connectivity index (χ4n) is 2.02. The van der Waals surface area contributed by atoms with Gasteiger partial charge in [0.15, 0.2) is 0 Å². The number of carboxylic acids is 1. The molecule has 0 aromatic carbocycles. The van der Waals surface area contributed by atoms with Crippen LogP contribution in [-0.4, -0.2) is 79.0 Å². The summed E-state index contributed by atoms with van der Waals surface area (Å²) in [6.45, 7) is 4.80. The lowest BCUT2D eigenvalue weighted by atomic mass is 10.2. The Kier molecular flexibility index (Phi) is 7.17. The molecule has 0 spiro atoms. The molecule has 1 saturated heterocycles. The zero-order valence-corrected chi connectivity index (χ0v) is 11.8. The number of carboxylic acid groups (broad SMARTS) is 1. The largest absolute Gasteiger partial charge is 0.478 e. The van der Waals surface area contributed by atoms with Gasteiger partial charge in [0, 0.05) is 32.6 Å². The Morgan fingerprint density at radius 2 is 1.95 bits per heavy atom. The molecule has 1 rings (SSSR count). The van der Waals surface area contributed by atoms with Crippen LogP contribution in [0.3, 0.4) is 0 Å². The van der Waals surface area contributed by atoms with Gasteiger partial charge in [-0.05, 0) is 20.0 Å². The second-order valence-electron chi connectivity index (χ2n) is 4.97. The van der Waals surface area contributed by atoms with E-state index >= 15 is 0 Å². The monoisotopic (exact) mass is 286 g/mol. The maximum Gasteiger partial charge on any atom is 0.345 e. The van der Waals surface area contributed by atoms with E-state index in [1.807, 2.05) is 0 Å². The van der Waals surface area contributed by atoms with E-state index in [4.69, 9.17) is 9.84 Å². The van der Waals surface area contributed by atoms with Crippen LogP contribution < -0.4 is 0 Å². The van der Waals surface area contributed by atoms with Gasteiger partial charge < -0.3 is 24.4 Å². The van der Waals surface area contributed by atoms with Crippen LogP contribution in [0, 0.1) is 0 Å². The molecule has 1 atom stereocenters. The second kappa shape index (κ2) is 8.65. The lowest BCUT2D eigenvalue weighted by molar-refractivity contribution is -0.164. The first-order valence-electron chi connectivity index (χ1n) is 6.79. The van der Waals surface area contributed by atoms with E-state index in [2.05, 4.69) is 16.8 Å². The number of aldehydes is 1. The van der Waals surface area contributed by atoms with E-state index < -0.39 is 18.0 Å². The highest BCUT2D eigenvalue weighted by atomic mass is 16.6. The number of piperazine rings is 1. The minimum Gasteiger partial charge on any atom is -0.478 e. The molecule has 7 heteroatoms. The van der Waals surface area contributed by atoms with Gasteiger partial charge in [0.1, 0.15) is 6.29 Å². The van der Waals surface area contributed by atoms with Crippen molar-refractivity contribution in [1.82, 2.24) is 9.80 Å². The molecule has 1 aliphatic heterocycles. The van der Waals surface area contributed by atoms with E-state index in [1.165, 1.54) is 0 Å². The zero-order valence-electron chi connectivity index (χ0n) is 11.8. The highest BCUT2D eigenvalue weighted by Gasteiger charge is 2.21. The number of ether oxygens (including phenoxy) is 1. The number of carbonyl (C=O) groups is 3. The van der Waals surface area contributed by atoms with Gasteiger partial charge in [-0.15, -0.1) is 0 Å². The number of esters is 1. The van der Waals surface area contributed by atoms with Crippen molar-refractivity contribution in [2.75, 3.05) is 39.8 Å². The SMILES string of the molecule is CN1CCN(CCCC(=O)OC(CC=O)C(=O)O)CC1. The van der Waals surface area contributed by atoms with E-state index in [1.54, 1.807) is 0 Å². The number of carbonyl (C=O) groups excluding carboxylic acids is 2. The Labute approximate surface area is 118 Å². The lowest BCUT2D eigenvalue weighted by Crippen LogP contribution is -2.44. The van der Waals surface area contributed by atoms with Gasteiger partial charge in [0.2, 0.25) is 6.10 Å². The third kappa shape index (κ3) is 6.12. The normalized spacial score (nSPS) is 18.4. The molecule has 1 fully saturated rings. The highest BCUT2D eigenvalue weighted by molar-refractivity contribution is 5.80. The van der Waals surface area contributed by atoms with Gasteiger partial charge >= 0.3 is 11.9 Å². The van der Waals surface area contributed by atoms with Crippen LogP contribution in [0.1, 0.15) is 19.3 Å². The maximum atomic E-state index is 11.5. The Balaban J connectivity index is 2.19. The van der Waals surface area contributed by atoms with Crippen molar-refractivity contribution < 1.29 is 24.2 Å². The molecule has 0 saturated carbocycles. The fraction of sp³-hybridized carbons (Fsp3) is 0.769. The van der Waals surface area contributed by atoms with E-state index in [0.717, 1.165) is 32.7 Å². The number of hydrogen-bond donors (Lipinski definition) is 1. The van der Waals surface area contributed by atoms with Crippen molar-refractivity contribution in [1.29, 1.82) is 0 Å². The number of hydrogen-bond acceptors (Lipinski definition) is 6. The molecule has 0 radical (unpaired) electrons. The average Bonchev–Trinajstić information content (AvgIpc) is 2.40. The second-order valence-corrected chi connectivity index (χ2v) is 4.97. The smallest absolute Gasteiger partial charge is 0.345 e. The maximum absolute atomic E-state index is 11.5. The molecule has 1 N–H and O–H groups in total. The number of nitrogens with zero attached hydrogens (tertiary/aromatic N) is 2. The van der Waals surface area contributed by atoms with Crippen LogP contribution in [0.25, 0.3) is 0 Å². The van der Waals surface area contributed by atoms with Gasteiger partial charge in [0.05, 0.1) is 6.42 Å². The molecule has 7 nitrogen and oxygen atoms in total. The van der Waals surface area contributed by atoms with E-state index in [0.29, 0.717) is 12.7 Å². The Hall–Kier alpha value is -1.47. The van der Waals surface area contributed by atoms with Crippen molar-refractivity contribution in [3.63, 3.8) is 0 Å². The van der Waals surface area contributed by atoms with Crippen molar-refractivity contribution in [3.8, 4) is 0 Å². The molecule has 1 heterocycles. The van der Waals surface area contributed by atoms with Crippen LogP contribution in [0.15, 0.2) is 0 Å². The Morgan fingerprint density at radius 1 is 1.30 bits per heavy atom. The van der Waals surface area contributed by atoms with E-state index in [9.17, 15) is 14.4 Å². The summed E-state index contributed by atoms with van der Waals surface area (Å²) >= 11 is 0. The van der Waals surface area contributed by atoms with Crippen LogP contribution in [0.5, 0.6) is 0 Å². The molecule has 0 amide bonds. The molecule has 0 bridgehead atoms. The zero-order chi connectivity index (χ0) is 15.0. The van der Waals surface area contributed by atoms with Gasteiger partial charge in [-0.25, -0.2) is 4.79 Å². The molecule has 1 unspecified atom stereocenters. The molecule has 20 heavy (non-hydrogen) atoms. The van der Waals surface area contributed by atoms with Gasteiger partial charge in [-0.3, -0.25) is 4.79 Å². The molecular formula is C13H22N2O5. The van der Waals surface area contributed by atoms with Crippen molar-refractivity contribution in [2.24, 2.45) is 0 Å². The molecule has 0 aromatic heterocycles. The molecular weight excluding hydrogens is 264 g/mol. The van der Waals surface area contributed by atoms with E-state index in [-0.39, 0.29) is 12.8 Å². The first-order chi connectivity index (χ1) is 9.52. The predicted molar refractivity (Wildman–Crippen MR) is 71.4 cm³/mol. The average molecular weight is 286 g/mol. The van der Waals surface area contributed by atoms with Gasteiger partial charge in [-0.2, -0.15) is 0 Å². The predicted octanol–water partition coefficient (Wildman–Crippen LogP) is -0.401. The van der Waals surface area contributed by atoms with Crippen LogP contribution >= 0.6 is 0 Å². The van der Waals surface area contributed by atoms with Crippen molar-refractivity contribution in [2.45, 2.75) is 25.4 Å². The number of aliphatic carboxylic acids is 1. The highest BCUT2D eigenvalue weighted by Crippen LogP contribution is 2.05. The third-order valence-corrected chi connectivity index (χ3v) is 3.31. The van der Waals surface area contributed by atoms with Crippen molar-refractivity contribution in [3.05, 3.63) is 0 Å². The summed E-state index contributed by atoms with van der Waals surface area (Å²) in [5, 5.41) is 8.76. The Bertz CT molecular complexity index is 340. The fourth-order valence-corrected chi connectivity index (χ4v) is 2.02. The quantitative estimate of drug-likeness (QED) is 0.480. The van der Waals surface area contributed by atoms with Crippen LogP contribution in [0.2, 0.25) is 0 Å². The first kappa shape index (κ1) is 16.6. The lowest BCUT2D eigenvalue weighted by Gasteiger charge is -2.32. The summed E-state index contributed by atoms with van der Waals surface area (Å²) in [6, 6.07) is 0. The summed E-state index contributed by atoms with van der Waals surface area (Å²) in [5.74, 6) is -1.85. The van der Waals surface area contributed by atoms with Crippen LogP contribution in [0.4, 0.5) is 0 Å². The molecule has 0 aromatic rings. The summed E-state index contributed by atoms with van der Waals surface area (Å²) in [4.78, 5) is 37.0. The number of rotatable bonds is 8. The summed E-state index contributed by atoms with van der Waals surface area (Å²) in [5.41, 5.74) is 0. The Morgan fingerprint density at radius 3 is 2.50 bits per heavy atom. The van der Waals surface area contributed by atoms with Gasteiger partial charge in [0.25, 0.3) is 0 Å². The number of likely N-dealkylation sites (N-methyl/N-ethyl adjacent to an activating group) is 1. The van der Waals surface area contributed by atoms with Gasteiger partial charge in [-0.1, -0.05) is 0 Å². The summed E-state index contributed by atoms with van der Waals surface area (Å²) in [6.07, 6.45) is -0.413. The minimum atomic E-state index is -1.36. The minimum absolute atomic E-state index is 0.176. The standard InChI is InChI=1S/C13H22N2O5/c1-14-6-8-15(9-7-14)5-2-3-12(17)20-11(4-10-16)13(18)19/h10-11H,2-9H2,1H3,(H,18,19). The first-order valence-corrected chi connectivity index (χ1v) is 6.79. The van der Waals surface area contributed by atoms with Crippen LogP contribution in [-0.2, 0) is 19.1 Å². The third-order valence-electron chi connectivity index (χ3n) is 3.31. The van der Waals surface area contributed by atoms with Crippen molar-refractivity contribution >= 4 is 18.2 Å². The molecule has 1 aliphatic rings.